The van der Waals surface area contributed by atoms with Crippen LogP contribution >= 0.6 is 0 Å². The number of nitrogens with zero attached hydrogens (tertiary/aromatic N) is 1. The molecular weight excluding hydrogens is 230 g/mol. The van der Waals surface area contributed by atoms with Gasteiger partial charge in [-0.05, 0) is 26.2 Å². The summed E-state index contributed by atoms with van der Waals surface area (Å²) >= 11 is 0. The second-order valence-corrected chi connectivity index (χ2v) is 6.22. The molecule has 102 valence electrons. The maximum atomic E-state index is 12.3. The monoisotopic (exact) mass is 253 g/mol. The Bertz CT molecular complexity index is 345. The predicted octanol–water partition coefficient (Wildman–Crippen LogP) is -0.297. The highest BCUT2D eigenvalue weighted by Gasteiger charge is 2.45. The fourth-order valence-corrected chi connectivity index (χ4v) is 2.95. The standard InChI is InChI=1S/C13H23N3O2/c1-13(8-18-7-11(13)14)12(17)15-9-4-5-16(6-9)10-2-3-10/h9-11H,2-8,14H2,1H3,(H,15,17). The van der Waals surface area contributed by atoms with Crippen molar-refractivity contribution in [1.29, 1.82) is 0 Å². The lowest BCUT2D eigenvalue weighted by Gasteiger charge is -2.27. The van der Waals surface area contributed by atoms with Crippen molar-refractivity contribution >= 4 is 5.91 Å². The summed E-state index contributed by atoms with van der Waals surface area (Å²) in [5, 5.41) is 3.16. The van der Waals surface area contributed by atoms with E-state index in [0.29, 0.717) is 19.3 Å². The second-order valence-electron chi connectivity index (χ2n) is 6.22. The molecule has 0 aromatic heterocycles. The van der Waals surface area contributed by atoms with Crippen LogP contribution in [0.15, 0.2) is 0 Å². The number of amides is 1. The lowest BCUT2D eigenvalue weighted by atomic mass is 9.84. The van der Waals surface area contributed by atoms with Crippen molar-refractivity contribution < 1.29 is 9.53 Å². The van der Waals surface area contributed by atoms with Crippen molar-refractivity contribution in [2.75, 3.05) is 26.3 Å². The first-order chi connectivity index (χ1) is 8.59. The van der Waals surface area contributed by atoms with E-state index in [1.807, 2.05) is 6.92 Å². The average molecular weight is 253 g/mol. The van der Waals surface area contributed by atoms with Gasteiger partial charge in [0, 0.05) is 31.2 Å². The largest absolute Gasteiger partial charge is 0.379 e. The van der Waals surface area contributed by atoms with E-state index < -0.39 is 5.41 Å². The van der Waals surface area contributed by atoms with Gasteiger partial charge in [-0.15, -0.1) is 0 Å². The lowest BCUT2D eigenvalue weighted by Crippen LogP contribution is -2.52. The molecule has 2 aliphatic heterocycles. The zero-order chi connectivity index (χ0) is 12.8. The molecule has 1 saturated carbocycles. The van der Waals surface area contributed by atoms with E-state index in [2.05, 4.69) is 10.2 Å². The summed E-state index contributed by atoms with van der Waals surface area (Å²) in [5.41, 5.74) is 5.43. The Kier molecular flexibility index (Phi) is 3.08. The Morgan fingerprint density at radius 2 is 2.22 bits per heavy atom. The Balaban J connectivity index is 1.54. The Morgan fingerprint density at radius 1 is 1.44 bits per heavy atom. The summed E-state index contributed by atoms with van der Waals surface area (Å²) < 4.78 is 5.33. The van der Waals surface area contributed by atoms with Gasteiger partial charge < -0.3 is 15.8 Å². The van der Waals surface area contributed by atoms with Gasteiger partial charge in [-0.1, -0.05) is 0 Å². The number of hydrogen-bond donors (Lipinski definition) is 2. The molecule has 0 spiro atoms. The van der Waals surface area contributed by atoms with Crippen molar-refractivity contribution in [1.82, 2.24) is 10.2 Å². The number of ether oxygens (including phenoxy) is 1. The molecule has 0 bridgehead atoms. The molecule has 3 aliphatic rings. The molecule has 0 aromatic rings. The molecule has 5 heteroatoms. The first-order valence-electron chi connectivity index (χ1n) is 6.98. The Hall–Kier alpha value is -0.650. The number of nitrogens with one attached hydrogen (secondary N) is 1. The van der Waals surface area contributed by atoms with E-state index in [4.69, 9.17) is 10.5 Å². The maximum absolute atomic E-state index is 12.3. The smallest absolute Gasteiger partial charge is 0.230 e. The minimum absolute atomic E-state index is 0.0650. The molecule has 3 atom stereocenters. The third-order valence-electron chi connectivity index (χ3n) is 4.65. The number of rotatable bonds is 3. The zero-order valence-electron chi connectivity index (χ0n) is 11.0. The molecule has 3 unspecified atom stereocenters. The molecule has 3 rings (SSSR count). The number of likely N-dealkylation sites (tertiary alicyclic amines) is 1. The van der Waals surface area contributed by atoms with Gasteiger partial charge in [-0.25, -0.2) is 0 Å². The number of carbonyl (C=O) groups is 1. The van der Waals surface area contributed by atoms with Gasteiger partial charge in [0.25, 0.3) is 0 Å². The fraction of sp³-hybridized carbons (Fsp3) is 0.923. The van der Waals surface area contributed by atoms with Crippen LogP contribution in [0.4, 0.5) is 0 Å². The zero-order valence-corrected chi connectivity index (χ0v) is 11.0. The summed E-state index contributed by atoms with van der Waals surface area (Å²) in [7, 11) is 0. The molecule has 2 saturated heterocycles. The molecule has 5 nitrogen and oxygen atoms in total. The van der Waals surface area contributed by atoms with E-state index in [1.54, 1.807) is 0 Å². The number of hydrogen-bond acceptors (Lipinski definition) is 4. The van der Waals surface area contributed by atoms with E-state index in [1.165, 1.54) is 12.8 Å². The van der Waals surface area contributed by atoms with Crippen LogP contribution in [-0.2, 0) is 9.53 Å². The van der Waals surface area contributed by atoms with Gasteiger partial charge in [0.2, 0.25) is 5.91 Å². The summed E-state index contributed by atoms with van der Waals surface area (Å²) in [5.74, 6) is 0.0650. The Labute approximate surface area is 108 Å². The highest BCUT2D eigenvalue weighted by Crippen LogP contribution is 2.31. The van der Waals surface area contributed by atoms with Crippen molar-refractivity contribution in [3.05, 3.63) is 0 Å². The maximum Gasteiger partial charge on any atom is 0.230 e. The highest BCUT2D eigenvalue weighted by atomic mass is 16.5. The predicted molar refractivity (Wildman–Crippen MR) is 68.0 cm³/mol. The van der Waals surface area contributed by atoms with Gasteiger partial charge in [-0.2, -0.15) is 0 Å². The van der Waals surface area contributed by atoms with Gasteiger partial charge in [0.1, 0.15) is 0 Å². The molecule has 1 amide bonds. The average Bonchev–Trinajstić information content (AvgIpc) is 3.00. The van der Waals surface area contributed by atoms with E-state index >= 15 is 0 Å². The first kappa shape index (κ1) is 12.4. The van der Waals surface area contributed by atoms with Crippen molar-refractivity contribution in [3.63, 3.8) is 0 Å². The van der Waals surface area contributed by atoms with Crippen LogP contribution in [0.5, 0.6) is 0 Å². The van der Waals surface area contributed by atoms with E-state index in [9.17, 15) is 4.79 Å². The lowest BCUT2D eigenvalue weighted by molar-refractivity contribution is -0.131. The molecular formula is C13H23N3O2. The highest BCUT2D eigenvalue weighted by molar-refractivity contribution is 5.84. The minimum atomic E-state index is -0.549. The number of carbonyl (C=O) groups excluding carboxylic acids is 1. The van der Waals surface area contributed by atoms with Gasteiger partial charge in [-0.3, -0.25) is 9.69 Å². The van der Waals surface area contributed by atoms with Gasteiger partial charge in [0.15, 0.2) is 0 Å². The SMILES string of the molecule is CC1(C(=O)NC2CCN(C3CC3)C2)COCC1N. The molecule has 18 heavy (non-hydrogen) atoms. The third kappa shape index (κ3) is 2.15. The van der Waals surface area contributed by atoms with E-state index in [0.717, 1.165) is 25.6 Å². The summed E-state index contributed by atoms with van der Waals surface area (Å²) in [6.07, 6.45) is 3.72. The summed E-state index contributed by atoms with van der Waals surface area (Å²) in [4.78, 5) is 14.8. The Morgan fingerprint density at radius 3 is 2.83 bits per heavy atom. The minimum Gasteiger partial charge on any atom is -0.379 e. The molecule has 0 radical (unpaired) electrons. The second kappa shape index (κ2) is 4.47. The van der Waals surface area contributed by atoms with Crippen molar-refractivity contribution in [2.24, 2.45) is 11.1 Å². The van der Waals surface area contributed by atoms with Crippen molar-refractivity contribution in [3.8, 4) is 0 Å². The van der Waals surface area contributed by atoms with E-state index in [-0.39, 0.29) is 11.9 Å². The van der Waals surface area contributed by atoms with Crippen LogP contribution < -0.4 is 11.1 Å². The van der Waals surface area contributed by atoms with Crippen LogP contribution in [0.25, 0.3) is 0 Å². The molecule has 1 aliphatic carbocycles. The van der Waals surface area contributed by atoms with Crippen LogP contribution in [-0.4, -0.2) is 55.2 Å². The fourth-order valence-electron chi connectivity index (χ4n) is 2.95. The molecule has 2 heterocycles. The summed E-state index contributed by atoms with van der Waals surface area (Å²) in [6, 6.07) is 0.903. The number of nitrogens with two attached hydrogens (primary N) is 1. The van der Waals surface area contributed by atoms with Crippen molar-refractivity contribution in [2.45, 2.75) is 44.3 Å². The quantitative estimate of drug-likeness (QED) is 0.725. The molecule has 3 fully saturated rings. The van der Waals surface area contributed by atoms with Gasteiger partial charge in [0.05, 0.1) is 18.6 Å². The normalized spacial score (nSPS) is 41.2. The first-order valence-corrected chi connectivity index (χ1v) is 6.98. The van der Waals surface area contributed by atoms with Crippen LogP contribution in [0.3, 0.4) is 0 Å². The van der Waals surface area contributed by atoms with Crippen LogP contribution in [0.1, 0.15) is 26.2 Å². The molecule has 0 aromatic carbocycles. The van der Waals surface area contributed by atoms with Gasteiger partial charge >= 0.3 is 0 Å². The summed E-state index contributed by atoms with van der Waals surface area (Å²) in [6.45, 7) is 4.97. The topological polar surface area (TPSA) is 67.6 Å². The molecule has 3 N–H and O–H groups in total. The van der Waals surface area contributed by atoms with Crippen LogP contribution in [0, 0.1) is 5.41 Å². The third-order valence-corrected chi connectivity index (χ3v) is 4.65. The van der Waals surface area contributed by atoms with Crippen LogP contribution in [0.2, 0.25) is 0 Å².